The van der Waals surface area contributed by atoms with E-state index in [1.807, 2.05) is 18.2 Å². The molecular weight excluding hydrogens is 258 g/mol. The van der Waals surface area contributed by atoms with Crippen LogP contribution in [0.25, 0.3) is 0 Å². The van der Waals surface area contributed by atoms with Gasteiger partial charge in [-0.15, -0.1) is 0 Å². The molecule has 0 aliphatic rings. The second-order valence-corrected chi connectivity index (χ2v) is 4.15. The van der Waals surface area contributed by atoms with Crippen molar-refractivity contribution in [3.05, 3.63) is 54.5 Å². The monoisotopic (exact) mass is 275 g/mol. The summed E-state index contributed by atoms with van der Waals surface area (Å²) < 4.78 is 15.8. The van der Waals surface area contributed by atoms with Gasteiger partial charge in [-0.1, -0.05) is 18.2 Å². The number of carbonyl (C=O) groups excluding carboxylic acids is 1. The number of amides is 1. The van der Waals surface area contributed by atoms with E-state index in [0.717, 1.165) is 0 Å². The number of benzene rings is 1. The summed E-state index contributed by atoms with van der Waals surface area (Å²) >= 11 is 0. The Hall–Kier alpha value is -2.27. The number of hydrogen-bond donors (Lipinski definition) is 1. The van der Waals surface area contributed by atoms with Crippen molar-refractivity contribution >= 4 is 5.91 Å². The highest BCUT2D eigenvalue weighted by molar-refractivity contribution is 5.77. The van der Waals surface area contributed by atoms with Gasteiger partial charge in [0.1, 0.15) is 17.6 Å². The molecule has 106 valence electrons. The first-order valence-corrected chi connectivity index (χ1v) is 6.30. The van der Waals surface area contributed by atoms with E-state index < -0.39 is 0 Å². The van der Waals surface area contributed by atoms with Gasteiger partial charge in [0, 0.05) is 7.11 Å². The third kappa shape index (κ3) is 4.13. The summed E-state index contributed by atoms with van der Waals surface area (Å²) in [6.45, 7) is 0.305. The number of hydrogen-bond acceptors (Lipinski definition) is 4. The Morgan fingerprint density at radius 1 is 1.25 bits per heavy atom. The summed E-state index contributed by atoms with van der Waals surface area (Å²) in [6.07, 6.45) is 1.27. The number of para-hydroxylation sites is 1. The molecule has 2 aromatic rings. The van der Waals surface area contributed by atoms with Gasteiger partial charge in [-0.25, -0.2) is 0 Å². The lowest BCUT2D eigenvalue weighted by Gasteiger charge is -2.14. The molecule has 1 amide bonds. The van der Waals surface area contributed by atoms with Crippen LogP contribution in [0.15, 0.2) is 53.1 Å². The number of methoxy groups -OCH3 is 1. The van der Waals surface area contributed by atoms with Crippen LogP contribution in [0.1, 0.15) is 11.9 Å². The standard InChI is InChI=1S/C15H17NO4/c1-18-14(13-8-5-9-19-13)10-16-15(17)11-20-12-6-3-2-4-7-12/h2-9,14H,10-11H2,1H3,(H,16,17). The molecule has 1 N–H and O–H groups in total. The lowest BCUT2D eigenvalue weighted by atomic mass is 10.2. The fourth-order valence-corrected chi connectivity index (χ4v) is 1.70. The van der Waals surface area contributed by atoms with Crippen LogP contribution in [0.5, 0.6) is 5.75 Å². The third-order valence-electron chi connectivity index (χ3n) is 2.74. The zero-order chi connectivity index (χ0) is 14.2. The Labute approximate surface area is 117 Å². The number of furan rings is 1. The molecule has 0 radical (unpaired) electrons. The van der Waals surface area contributed by atoms with Gasteiger partial charge in [0.05, 0.1) is 12.8 Å². The number of carbonyl (C=O) groups is 1. The summed E-state index contributed by atoms with van der Waals surface area (Å²) in [5.41, 5.74) is 0. The molecule has 0 aliphatic carbocycles. The molecule has 2 rings (SSSR count). The van der Waals surface area contributed by atoms with Crippen molar-refractivity contribution in [3.63, 3.8) is 0 Å². The van der Waals surface area contributed by atoms with Crippen LogP contribution in [-0.4, -0.2) is 26.2 Å². The number of ether oxygens (including phenoxy) is 2. The second kappa shape index (κ2) is 7.35. The van der Waals surface area contributed by atoms with Gasteiger partial charge >= 0.3 is 0 Å². The Balaban J connectivity index is 1.74. The first-order chi connectivity index (χ1) is 9.79. The summed E-state index contributed by atoms with van der Waals surface area (Å²) in [5.74, 6) is 1.14. The lowest BCUT2D eigenvalue weighted by Crippen LogP contribution is -2.32. The first kappa shape index (κ1) is 14.1. The van der Waals surface area contributed by atoms with Gasteiger partial charge in [0.15, 0.2) is 6.61 Å². The van der Waals surface area contributed by atoms with Crippen LogP contribution >= 0.6 is 0 Å². The Morgan fingerprint density at radius 3 is 2.70 bits per heavy atom. The maximum atomic E-state index is 11.7. The summed E-state index contributed by atoms with van der Waals surface area (Å²) in [7, 11) is 1.57. The van der Waals surface area contributed by atoms with E-state index in [0.29, 0.717) is 18.1 Å². The highest BCUT2D eigenvalue weighted by atomic mass is 16.5. The molecule has 0 spiro atoms. The predicted molar refractivity (Wildman–Crippen MR) is 73.4 cm³/mol. The van der Waals surface area contributed by atoms with Gasteiger partial charge in [0.25, 0.3) is 5.91 Å². The fourth-order valence-electron chi connectivity index (χ4n) is 1.70. The largest absolute Gasteiger partial charge is 0.484 e. The zero-order valence-electron chi connectivity index (χ0n) is 11.2. The lowest BCUT2D eigenvalue weighted by molar-refractivity contribution is -0.123. The molecule has 1 heterocycles. The van der Waals surface area contributed by atoms with Crippen molar-refractivity contribution in [2.45, 2.75) is 6.10 Å². The third-order valence-corrected chi connectivity index (χ3v) is 2.74. The van der Waals surface area contributed by atoms with E-state index in [1.54, 1.807) is 37.6 Å². The van der Waals surface area contributed by atoms with E-state index in [2.05, 4.69) is 5.32 Å². The average molecular weight is 275 g/mol. The van der Waals surface area contributed by atoms with Gasteiger partial charge in [-0.3, -0.25) is 4.79 Å². The highest BCUT2D eigenvalue weighted by Crippen LogP contribution is 2.15. The van der Waals surface area contributed by atoms with Crippen LogP contribution in [0.4, 0.5) is 0 Å². The van der Waals surface area contributed by atoms with Crippen LogP contribution in [-0.2, 0) is 9.53 Å². The number of nitrogens with one attached hydrogen (secondary N) is 1. The zero-order valence-corrected chi connectivity index (χ0v) is 11.2. The minimum atomic E-state index is -0.300. The fraction of sp³-hybridized carbons (Fsp3) is 0.267. The van der Waals surface area contributed by atoms with Gasteiger partial charge < -0.3 is 19.2 Å². The van der Waals surface area contributed by atoms with E-state index in [4.69, 9.17) is 13.9 Å². The van der Waals surface area contributed by atoms with Crippen molar-refractivity contribution in [2.24, 2.45) is 0 Å². The quantitative estimate of drug-likeness (QED) is 0.841. The molecule has 5 nitrogen and oxygen atoms in total. The average Bonchev–Trinajstić information content (AvgIpc) is 3.01. The van der Waals surface area contributed by atoms with Crippen LogP contribution in [0.3, 0.4) is 0 Å². The minimum Gasteiger partial charge on any atom is -0.484 e. The maximum Gasteiger partial charge on any atom is 0.258 e. The molecule has 0 bridgehead atoms. The SMILES string of the molecule is COC(CNC(=O)COc1ccccc1)c1ccco1. The topological polar surface area (TPSA) is 60.7 Å². The second-order valence-electron chi connectivity index (χ2n) is 4.15. The van der Waals surface area contributed by atoms with Crippen LogP contribution in [0, 0.1) is 0 Å². The molecule has 1 aromatic carbocycles. The predicted octanol–water partition coefficient (Wildman–Crippen LogP) is 2.16. The van der Waals surface area contributed by atoms with Crippen molar-refractivity contribution in [2.75, 3.05) is 20.3 Å². The first-order valence-electron chi connectivity index (χ1n) is 6.30. The normalized spacial score (nSPS) is 11.8. The minimum absolute atomic E-state index is 0.0292. The molecule has 0 saturated heterocycles. The van der Waals surface area contributed by atoms with Crippen molar-refractivity contribution in [1.82, 2.24) is 5.32 Å². The van der Waals surface area contributed by atoms with Gasteiger partial charge in [-0.2, -0.15) is 0 Å². The van der Waals surface area contributed by atoms with Crippen LogP contribution in [0.2, 0.25) is 0 Å². The summed E-state index contributed by atoms with van der Waals surface area (Å²) in [5, 5.41) is 2.74. The molecule has 1 unspecified atom stereocenters. The van der Waals surface area contributed by atoms with Crippen molar-refractivity contribution in [1.29, 1.82) is 0 Å². The van der Waals surface area contributed by atoms with E-state index in [-0.39, 0.29) is 18.6 Å². The van der Waals surface area contributed by atoms with Crippen molar-refractivity contribution in [3.8, 4) is 5.75 Å². The van der Waals surface area contributed by atoms with Crippen molar-refractivity contribution < 1.29 is 18.7 Å². The van der Waals surface area contributed by atoms with E-state index in [1.165, 1.54) is 0 Å². The smallest absolute Gasteiger partial charge is 0.258 e. The van der Waals surface area contributed by atoms with E-state index >= 15 is 0 Å². The summed E-state index contributed by atoms with van der Waals surface area (Å²) in [4.78, 5) is 11.7. The van der Waals surface area contributed by atoms with Gasteiger partial charge in [-0.05, 0) is 24.3 Å². The summed E-state index contributed by atoms with van der Waals surface area (Å²) in [6, 6.07) is 12.8. The molecule has 1 atom stereocenters. The van der Waals surface area contributed by atoms with E-state index in [9.17, 15) is 4.79 Å². The highest BCUT2D eigenvalue weighted by Gasteiger charge is 2.14. The molecule has 1 aromatic heterocycles. The molecule has 0 fully saturated rings. The van der Waals surface area contributed by atoms with Crippen LogP contribution < -0.4 is 10.1 Å². The Kier molecular flexibility index (Phi) is 5.20. The number of rotatable bonds is 7. The molecule has 0 saturated carbocycles. The Morgan fingerprint density at radius 2 is 2.05 bits per heavy atom. The molecule has 20 heavy (non-hydrogen) atoms. The molecule has 0 aliphatic heterocycles. The Bertz CT molecular complexity index is 510. The molecule has 5 heteroatoms. The molecular formula is C15H17NO4. The van der Waals surface area contributed by atoms with Gasteiger partial charge in [0.2, 0.25) is 0 Å². The maximum absolute atomic E-state index is 11.7.